The van der Waals surface area contributed by atoms with Gasteiger partial charge in [0.25, 0.3) is 15.2 Å². The lowest BCUT2D eigenvalue weighted by Crippen LogP contribution is -2.39. The molecule has 1 aliphatic heterocycles. The van der Waals surface area contributed by atoms with Gasteiger partial charge in [0.1, 0.15) is 0 Å². The number of hydrogen-bond donors (Lipinski definition) is 0. The molecule has 2 heterocycles. The summed E-state index contributed by atoms with van der Waals surface area (Å²) in [6, 6.07) is 10.2. The SMILES string of the molecule is O=S(=O)(c1ncc(F)cn1)N1CCC(Cc2ccccc2)CC1. The molecule has 3 rings (SSSR count). The molecule has 0 aliphatic carbocycles. The van der Waals surface area contributed by atoms with Crippen molar-refractivity contribution in [3.05, 3.63) is 54.1 Å². The summed E-state index contributed by atoms with van der Waals surface area (Å²) in [5.74, 6) is -0.177. The van der Waals surface area contributed by atoms with Crippen LogP contribution in [0.5, 0.6) is 0 Å². The molecule has 1 fully saturated rings. The summed E-state index contributed by atoms with van der Waals surface area (Å²) in [6.07, 6.45) is 4.32. The van der Waals surface area contributed by atoms with Crippen molar-refractivity contribution < 1.29 is 12.8 Å². The average Bonchev–Trinajstić information content (AvgIpc) is 2.57. The fourth-order valence-electron chi connectivity index (χ4n) is 2.85. The zero-order valence-electron chi connectivity index (χ0n) is 12.6. The summed E-state index contributed by atoms with van der Waals surface area (Å²) in [5, 5.41) is -0.333. The molecule has 23 heavy (non-hydrogen) atoms. The Bertz CT molecular complexity index is 743. The summed E-state index contributed by atoms with van der Waals surface area (Å²) in [7, 11) is -3.73. The average molecular weight is 335 g/mol. The van der Waals surface area contributed by atoms with Gasteiger partial charge in [0, 0.05) is 13.1 Å². The van der Waals surface area contributed by atoms with Crippen LogP contribution in [0.2, 0.25) is 0 Å². The number of hydrogen-bond acceptors (Lipinski definition) is 4. The van der Waals surface area contributed by atoms with Gasteiger partial charge in [0.2, 0.25) is 0 Å². The fraction of sp³-hybridized carbons (Fsp3) is 0.375. The summed E-state index contributed by atoms with van der Waals surface area (Å²) < 4.78 is 39.1. The highest BCUT2D eigenvalue weighted by Gasteiger charge is 2.31. The maximum atomic E-state index is 12.8. The molecule has 1 aromatic heterocycles. The van der Waals surface area contributed by atoms with E-state index in [1.165, 1.54) is 9.87 Å². The summed E-state index contributed by atoms with van der Waals surface area (Å²) in [4.78, 5) is 7.19. The van der Waals surface area contributed by atoms with E-state index in [9.17, 15) is 12.8 Å². The first-order valence-corrected chi connectivity index (χ1v) is 9.01. The molecule has 0 N–H and O–H groups in total. The summed E-state index contributed by atoms with van der Waals surface area (Å²) >= 11 is 0. The molecular formula is C16H18FN3O2S. The van der Waals surface area contributed by atoms with Crippen molar-refractivity contribution in [1.29, 1.82) is 0 Å². The minimum atomic E-state index is -3.73. The van der Waals surface area contributed by atoms with E-state index in [1.807, 2.05) is 18.2 Å². The lowest BCUT2D eigenvalue weighted by Gasteiger charge is -2.30. The Balaban J connectivity index is 1.63. The standard InChI is InChI=1S/C16H18FN3O2S/c17-15-11-18-16(19-12-15)23(21,22)20-8-6-14(7-9-20)10-13-4-2-1-3-5-13/h1-5,11-12,14H,6-10H2. The number of halogens is 1. The highest BCUT2D eigenvalue weighted by molar-refractivity contribution is 7.88. The molecule has 1 aromatic carbocycles. The second-order valence-corrected chi connectivity index (χ2v) is 7.55. The first-order chi connectivity index (χ1) is 11.1. The minimum Gasteiger partial charge on any atom is -0.223 e. The fourth-order valence-corrected chi connectivity index (χ4v) is 4.14. The first kappa shape index (κ1) is 16.0. The van der Waals surface area contributed by atoms with Crippen LogP contribution in [0.4, 0.5) is 4.39 Å². The number of nitrogens with zero attached hydrogens (tertiary/aromatic N) is 3. The highest BCUT2D eigenvalue weighted by Crippen LogP contribution is 2.25. The Hall–Kier alpha value is -1.86. The zero-order chi connectivity index (χ0) is 16.3. The maximum absolute atomic E-state index is 12.8. The molecule has 0 bridgehead atoms. The zero-order valence-corrected chi connectivity index (χ0v) is 13.4. The van der Waals surface area contributed by atoms with Gasteiger partial charge in [-0.25, -0.2) is 22.8 Å². The highest BCUT2D eigenvalue weighted by atomic mass is 32.2. The number of piperidine rings is 1. The molecule has 122 valence electrons. The van der Waals surface area contributed by atoms with Crippen LogP contribution in [-0.4, -0.2) is 35.8 Å². The lowest BCUT2D eigenvalue weighted by atomic mass is 9.91. The van der Waals surface area contributed by atoms with Crippen molar-refractivity contribution in [2.24, 2.45) is 5.92 Å². The second-order valence-electron chi connectivity index (χ2n) is 5.72. The van der Waals surface area contributed by atoms with Crippen LogP contribution >= 0.6 is 0 Å². The first-order valence-electron chi connectivity index (χ1n) is 7.57. The molecule has 0 unspecified atom stereocenters. The molecule has 1 saturated heterocycles. The molecule has 0 spiro atoms. The summed E-state index contributed by atoms with van der Waals surface area (Å²) in [5.41, 5.74) is 1.27. The van der Waals surface area contributed by atoms with Crippen LogP contribution in [-0.2, 0) is 16.4 Å². The Morgan fingerprint density at radius 2 is 1.70 bits per heavy atom. The molecule has 0 saturated carbocycles. The molecule has 0 amide bonds. The van der Waals surface area contributed by atoms with Crippen molar-refractivity contribution in [2.45, 2.75) is 24.4 Å². The monoisotopic (exact) mass is 335 g/mol. The van der Waals surface area contributed by atoms with Gasteiger partial charge in [-0.15, -0.1) is 0 Å². The van der Waals surface area contributed by atoms with Crippen molar-refractivity contribution in [3.8, 4) is 0 Å². The smallest absolute Gasteiger partial charge is 0.223 e. The van der Waals surface area contributed by atoms with Gasteiger partial charge in [-0.2, -0.15) is 4.31 Å². The third-order valence-electron chi connectivity index (χ3n) is 4.11. The molecule has 1 aliphatic rings. The van der Waals surface area contributed by atoms with E-state index in [0.29, 0.717) is 19.0 Å². The van der Waals surface area contributed by atoms with Crippen LogP contribution in [0.15, 0.2) is 47.9 Å². The Kier molecular flexibility index (Phi) is 4.68. The molecule has 0 atom stereocenters. The largest absolute Gasteiger partial charge is 0.278 e. The predicted molar refractivity (Wildman–Crippen MR) is 83.6 cm³/mol. The van der Waals surface area contributed by atoms with Crippen LogP contribution in [0, 0.1) is 11.7 Å². The third kappa shape index (κ3) is 3.73. The van der Waals surface area contributed by atoms with Crippen molar-refractivity contribution >= 4 is 10.0 Å². The van der Waals surface area contributed by atoms with Gasteiger partial charge in [-0.3, -0.25) is 0 Å². The van der Waals surface area contributed by atoms with E-state index in [4.69, 9.17) is 0 Å². The van der Waals surface area contributed by atoms with Crippen LogP contribution < -0.4 is 0 Å². The van der Waals surface area contributed by atoms with E-state index in [2.05, 4.69) is 22.1 Å². The van der Waals surface area contributed by atoms with E-state index < -0.39 is 15.8 Å². The Labute approximate surface area is 135 Å². The number of rotatable bonds is 4. The van der Waals surface area contributed by atoms with Crippen LogP contribution in [0.1, 0.15) is 18.4 Å². The minimum absolute atomic E-state index is 0.333. The summed E-state index contributed by atoms with van der Waals surface area (Å²) in [6.45, 7) is 0.890. The van der Waals surface area contributed by atoms with E-state index in [0.717, 1.165) is 31.7 Å². The topological polar surface area (TPSA) is 63.2 Å². The van der Waals surface area contributed by atoms with Gasteiger partial charge in [-0.05, 0) is 30.7 Å². The van der Waals surface area contributed by atoms with Crippen LogP contribution in [0.3, 0.4) is 0 Å². The third-order valence-corrected chi connectivity index (χ3v) is 5.83. The molecule has 5 nitrogen and oxygen atoms in total. The maximum Gasteiger partial charge on any atom is 0.278 e. The number of sulfonamides is 1. The lowest BCUT2D eigenvalue weighted by molar-refractivity contribution is 0.271. The van der Waals surface area contributed by atoms with E-state index >= 15 is 0 Å². The normalized spacial score (nSPS) is 17.3. The number of benzene rings is 1. The van der Waals surface area contributed by atoms with Crippen molar-refractivity contribution in [1.82, 2.24) is 14.3 Å². The van der Waals surface area contributed by atoms with E-state index in [1.54, 1.807) is 0 Å². The quantitative estimate of drug-likeness (QED) is 0.804. The van der Waals surface area contributed by atoms with Gasteiger partial charge >= 0.3 is 0 Å². The second kappa shape index (κ2) is 6.72. The Morgan fingerprint density at radius 3 is 2.30 bits per heavy atom. The Morgan fingerprint density at radius 1 is 1.09 bits per heavy atom. The van der Waals surface area contributed by atoms with Gasteiger partial charge in [-0.1, -0.05) is 30.3 Å². The molecule has 2 aromatic rings. The predicted octanol–water partition coefficient (Wildman–Crippen LogP) is 2.26. The van der Waals surface area contributed by atoms with E-state index in [-0.39, 0.29) is 5.16 Å². The van der Waals surface area contributed by atoms with Crippen LogP contribution in [0.25, 0.3) is 0 Å². The van der Waals surface area contributed by atoms with Crippen molar-refractivity contribution in [3.63, 3.8) is 0 Å². The molecule has 0 radical (unpaired) electrons. The van der Waals surface area contributed by atoms with Gasteiger partial charge in [0.05, 0.1) is 12.4 Å². The number of aromatic nitrogens is 2. The van der Waals surface area contributed by atoms with Gasteiger partial charge in [0.15, 0.2) is 5.82 Å². The van der Waals surface area contributed by atoms with Gasteiger partial charge < -0.3 is 0 Å². The van der Waals surface area contributed by atoms with Crippen molar-refractivity contribution in [2.75, 3.05) is 13.1 Å². The molecule has 7 heteroatoms. The molecular weight excluding hydrogens is 317 g/mol.